The van der Waals surface area contributed by atoms with Gasteiger partial charge in [0.15, 0.2) is 11.3 Å². The van der Waals surface area contributed by atoms with Crippen LogP contribution in [0.2, 0.25) is 0 Å². The van der Waals surface area contributed by atoms with Crippen molar-refractivity contribution < 1.29 is 33.3 Å². The summed E-state index contributed by atoms with van der Waals surface area (Å²) >= 11 is 0. The first-order chi connectivity index (χ1) is 19.5. The summed E-state index contributed by atoms with van der Waals surface area (Å²) in [5.41, 5.74) is 2.66. The van der Waals surface area contributed by atoms with E-state index in [1.54, 1.807) is 24.5 Å². The van der Waals surface area contributed by atoms with Gasteiger partial charge in [0.25, 0.3) is 0 Å². The van der Waals surface area contributed by atoms with E-state index in [9.17, 15) is 9.59 Å². The lowest BCUT2D eigenvalue weighted by Crippen LogP contribution is -2.38. The number of nitrogens with one attached hydrogen (secondary N) is 2. The van der Waals surface area contributed by atoms with Crippen molar-refractivity contribution in [3.05, 3.63) is 71.1 Å². The van der Waals surface area contributed by atoms with Crippen molar-refractivity contribution in [1.29, 1.82) is 0 Å². The Hall–Kier alpha value is -4.19. The Labute approximate surface area is 231 Å². The van der Waals surface area contributed by atoms with Crippen LogP contribution in [-0.4, -0.2) is 86.4 Å². The highest BCUT2D eigenvalue weighted by atomic mass is 16.6. The number of aromatic amines is 1. The Balaban J connectivity index is 1.33. The molecule has 2 aromatic heterocycles. The van der Waals surface area contributed by atoms with Crippen LogP contribution in [0.15, 0.2) is 59.9 Å². The molecular weight excluding hydrogens is 516 g/mol. The van der Waals surface area contributed by atoms with E-state index in [0.29, 0.717) is 23.5 Å². The highest BCUT2D eigenvalue weighted by molar-refractivity contribution is 6.26. The number of anilines is 1. The van der Waals surface area contributed by atoms with Gasteiger partial charge in [-0.2, -0.15) is 0 Å². The molecule has 0 radical (unpaired) electrons. The fourth-order valence-electron chi connectivity index (χ4n) is 4.44. The van der Waals surface area contributed by atoms with E-state index >= 15 is 0 Å². The molecule has 1 fully saturated rings. The molecule has 0 amide bonds. The van der Waals surface area contributed by atoms with Crippen LogP contribution < -0.4 is 10.1 Å². The molecule has 2 aliphatic rings. The summed E-state index contributed by atoms with van der Waals surface area (Å²) in [7, 11) is 1.50. The van der Waals surface area contributed by atoms with E-state index in [-0.39, 0.29) is 30.4 Å². The van der Waals surface area contributed by atoms with Crippen LogP contribution in [0.3, 0.4) is 0 Å². The second-order valence-corrected chi connectivity index (χ2v) is 9.32. The number of Topliss-reactive ketones (excluding diaryl/α,β-unsaturated/α-hetero) is 1. The zero-order valence-corrected chi connectivity index (χ0v) is 22.5. The number of aryl methyl sites for hydroxylation is 1. The van der Waals surface area contributed by atoms with E-state index in [1.807, 2.05) is 31.2 Å². The topological polar surface area (TPSA) is 124 Å². The number of hydrogen-bond donors (Lipinski definition) is 2. The average Bonchev–Trinajstić information content (AvgIpc) is 3.51. The summed E-state index contributed by atoms with van der Waals surface area (Å²) in [5.74, 6) is -0.660. The summed E-state index contributed by atoms with van der Waals surface area (Å²) in [6.07, 6.45) is 4.98. The predicted molar refractivity (Wildman–Crippen MR) is 148 cm³/mol. The van der Waals surface area contributed by atoms with Gasteiger partial charge in [0.1, 0.15) is 24.6 Å². The Morgan fingerprint density at radius 3 is 2.85 bits per heavy atom. The Morgan fingerprint density at radius 2 is 2.05 bits per heavy atom. The number of benzene rings is 1. The Bertz CT molecular complexity index is 1440. The molecule has 0 bridgehead atoms. The highest BCUT2D eigenvalue weighted by Crippen LogP contribution is 2.32. The van der Waals surface area contributed by atoms with Crippen LogP contribution in [0.5, 0.6) is 5.75 Å². The summed E-state index contributed by atoms with van der Waals surface area (Å²) in [6, 6.07) is 9.23. The largest absolute Gasteiger partial charge is 0.492 e. The first-order valence-electron chi connectivity index (χ1n) is 13.1. The fourth-order valence-corrected chi connectivity index (χ4v) is 4.44. The highest BCUT2D eigenvalue weighted by Gasteiger charge is 2.37. The first-order valence-corrected chi connectivity index (χ1v) is 13.1. The van der Waals surface area contributed by atoms with Gasteiger partial charge < -0.3 is 34.0 Å². The zero-order chi connectivity index (χ0) is 27.9. The van der Waals surface area contributed by atoms with E-state index in [2.05, 4.69) is 20.2 Å². The second kappa shape index (κ2) is 12.8. The van der Waals surface area contributed by atoms with Crippen LogP contribution in [0.25, 0.3) is 17.1 Å². The fraction of sp³-hybridized carbons (Fsp3) is 0.345. The number of allylic oxidation sites excluding steroid dienone is 1. The number of aromatic nitrogens is 2. The number of hydrogen-bond acceptors (Lipinski definition) is 10. The number of methoxy groups -OCH3 is 1. The minimum Gasteiger partial charge on any atom is -0.492 e. The molecule has 5 rings (SSSR count). The molecule has 210 valence electrons. The Morgan fingerprint density at radius 1 is 1.20 bits per heavy atom. The first kappa shape index (κ1) is 27.4. The third kappa shape index (κ3) is 6.33. The van der Waals surface area contributed by atoms with Crippen molar-refractivity contribution in [2.45, 2.75) is 6.92 Å². The van der Waals surface area contributed by atoms with E-state index in [0.717, 1.165) is 49.5 Å². The van der Waals surface area contributed by atoms with Gasteiger partial charge in [0.2, 0.25) is 11.7 Å². The number of fused-ring (bicyclic) bond motifs is 1. The molecule has 11 nitrogen and oxygen atoms in total. The molecule has 2 aliphatic heterocycles. The molecule has 1 saturated heterocycles. The van der Waals surface area contributed by atoms with Gasteiger partial charge in [-0.05, 0) is 48.9 Å². The molecule has 0 saturated carbocycles. The predicted octanol–water partition coefficient (Wildman–Crippen LogP) is 3.04. The van der Waals surface area contributed by atoms with Gasteiger partial charge in [0, 0.05) is 55.8 Å². The van der Waals surface area contributed by atoms with Gasteiger partial charge >= 0.3 is 5.97 Å². The molecule has 4 heterocycles. The normalized spacial score (nSPS) is 16.9. The SMILES string of the molecule is COCCOC(=O)C1=C(Nc2ccc(OCCN3CCOCC3)cc2C)OC(=Cc2c[nH]c3ncccc23)C1=O. The van der Waals surface area contributed by atoms with Gasteiger partial charge in [-0.15, -0.1) is 0 Å². The maximum Gasteiger partial charge on any atom is 0.347 e. The van der Waals surface area contributed by atoms with Crippen molar-refractivity contribution in [1.82, 2.24) is 14.9 Å². The number of H-pyrrole nitrogens is 1. The molecule has 0 aliphatic carbocycles. The van der Waals surface area contributed by atoms with Gasteiger partial charge in [-0.25, -0.2) is 9.78 Å². The van der Waals surface area contributed by atoms with Crippen molar-refractivity contribution in [3.63, 3.8) is 0 Å². The van der Waals surface area contributed by atoms with Crippen molar-refractivity contribution in [2.24, 2.45) is 0 Å². The minimum atomic E-state index is -0.797. The van der Waals surface area contributed by atoms with E-state index in [4.69, 9.17) is 23.7 Å². The number of morpholine rings is 1. The van der Waals surface area contributed by atoms with Crippen LogP contribution in [-0.2, 0) is 28.5 Å². The smallest absolute Gasteiger partial charge is 0.347 e. The van der Waals surface area contributed by atoms with Gasteiger partial charge in [-0.1, -0.05) is 0 Å². The molecule has 0 unspecified atom stereocenters. The summed E-state index contributed by atoms with van der Waals surface area (Å²) in [6.45, 7) is 6.80. The van der Waals surface area contributed by atoms with Crippen molar-refractivity contribution >= 4 is 34.5 Å². The number of carbonyl (C=O) groups is 2. The number of ether oxygens (including phenoxy) is 5. The average molecular weight is 549 g/mol. The molecule has 1 aromatic carbocycles. The third-order valence-electron chi connectivity index (χ3n) is 6.61. The molecule has 0 atom stereocenters. The maximum absolute atomic E-state index is 13.3. The van der Waals surface area contributed by atoms with Gasteiger partial charge in [-0.3, -0.25) is 9.69 Å². The third-order valence-corrected chi connectivity index (χ3v) is 6.61. The van der Waals surface area contributed by atoms with Crippen LogP contribution in [0.4, 0.5) is 5.69 Å². The number of carbonyl (C=O) groups excluding carboxylic acids is 2. The number of nitrogens with zero attached hydrogens (tertiary/aromatic N) is 2. The lowest BCUT2D eigenvalue weighted by atomic mass is 10.1. The van der Waals surface area contributed by atoms with Gasteiger partial charge in [0.05, 0.1) is 19.8 Å². The lowest BCUT2D eigenvalue weighted by Gasteiger charge is -2.26. The van der Waals surface area contributed by atoms with Crippen molar-refractivity contribution in [2.75, 3.05) is 65.1 Å². The number of pyridine rings is 1. The van der Waals surface area contributed by atoms with Crippen LogP contribution in [0, 0.1) is 6.92 Å². The molecular formula is C29H32N4O7. The maximum atomic E-state index is 13.3. The Kier molecular flexibility index (Phi) is 8.74. The standard InChI is InChI=1S/C29H32N4O7/c1-19-16-21(38-13-10-33-8-11-37-12-9-33)5-6-23(19)32-28-25(29(35)39-15-14-36-2)26(34)24(40-28)17-20-18-31-27-22(20)4-3-7-30-27/h3-7,16-18,32H,8-15H2,1-2H3,(H,30,31). The van der Waals surface area contributed by atoms with Crippen molar-refractivity contribution in [3.8, 4) is 5.75 Å². The minimum absolute atomic E-state index is 0.000666. The lowest BCUT2D eigenvalue weighted by molar-refractivity contribution is -0.141. The van der Waals surface area contributed by atoms with Crippen LogP contribution >= 0.6 is 0 Å². The summed E-state index contributed by atoms with van der Waals surface area (Å²) in [4.78, 5) is 35.9. The molecule has 3 aromatic rings. The van der Waals surface area contributed by atoms with Crippen LogP contribution in [0.1, 0.15) is 11.1 Å². The van der Waals surface area contributed by atoms with E-state index < -0.39 is 11.8 Å². The summed E-state index contributed by atoms with van der Waals surface area (Å²) in [5, 5.41) is 3.93. The molecule has 11 heteroatoms. The molecule has 40 heavy (non-hydrogen) atoms. The monoisotopic (exact) mass is 548 g/mol. The second-order valence-electron chi connectivity index (χ2n) is 9.32. The number of ketones is 1. The summed E-state index contributed by atoms with van der Waals surface area (Å²) < 4.78 is 27.5. The quantitative estimate of drug-likeness (QED) is 0.160. The molecule has 0 spiro atoms. The zero-order valence-electron chi connectivity index (χ0n) is 22.5. The number of rotatable bonds is 11. The molecule has 2 N–H and O–H groups in total. The van der Waals surface area contributed by atoms with E-state index in [1.165, 1.54) is 7.11 Å². The number of esters is 1.